The maximum absolute atomic E-state index is 13.4. The van der Waals surface area contributed by atoms with E-state index in [0.29, 0.717) is 22.1 Å². The summed E-state index contributed by atoms with van der Waals surface area (Å²) < 4.78 is 1.55. The molecule has 164 valence electrons. The first-order valence-electron chi connectivity index (χ1n) is 10.1. The Kier molecular flexibility index (Phi) is 6.05. The molecule has 3 heterocycles. The van der Waals surface area contributed by atoms with Crippen molar-refractivity contribution < 1.29 is 9.59 Å². The van der Waals surface area contributed by atoms with Crippen LogP contribution in [0.15, 0.2) is 23.4 Å². The molecule has 8 nitrogen and oxygen atoms in total. The predicted molar refractivity (Wildman–Crippen MR) is 119 cm³/mol. The minimum Gasteiger partial charge on any atom is -0.326 e. The Hall–Kier alpha value is -2.42. The van der Waals surface area contributed by atoms with Crippen LogP contribution in [0.3, 0.4) is 0 Å². The number of nitrogens with zero attached hydrogens (tertiary/aromatic N) is 4. The Morgan fingerprint density at radius 3 is 2.81 bits per heavy atom. The Morgan fingerprint density at radius 1 is 1.39 bits per heavy atom. The number of anilines is 1. The molecule has 2 amide bonds. The normalized spacial score (nSPS) is 20.6. The average Bonchev–Trinajstić information content (AvgIpc) is 3.24. The molecule has 2 atom stereocenters. The topological polar surface area (TPSA) is 106 Å². The minimum absolute atomic E-state index is 0.0885. The second-order valence-electron chi connectivity index (χ2n) is 7.86. The molecule has 1 aliphatic heterocycles. The molecule has 0 fully saturated rings. The van der Waals surface area contributed by atoms with Crippen LogP contribution in [0.25, 0.3) is 0 Å². The van der Waals surface area contributed by atoms with Gasteiger partial charge in [-0.3, -0.25) is 19.3 Å². The molecule has 10 heteroatoms. The molecule has 31 heavy (non-hydrogen) atoms. The fraction of sp³-hybridized carbons (Fsp3) is 0.429. The molecule has 2 aliphatic rings. The first kappa shape index (κ1) is 21.8. The zero-order chi connectivity index (χ0) is 22.3. The largest absolute Gasteiger partial charge is 0.326 e. The first-order valence-corrected chi connectivity index (χ1v) is 10.9. The molecule has 2 aromatic heterocycles. The van der Waals surface area contributed by atoms with E-state index in [1.54, 1.807) is 24.0 Å². The maximum Gasteiger partial charge on any atom is 0.256 e. The standard InChI is InChI=1S/C21H24Cl2N6O2/c1-11-14(8-24)19(13-4-3-12(22)7-15(13)23)20-16(26-11)9-29(21(20)31)10-18(30)27-17-5-6-25-28(17)2/h5-7,12-13H,3-4,8-10,24H2,1-2H3,(H,27,30). The van der Waals surface area contributed by atoms with Crippen molar-refractivity contribution in [2.45, 2.75) is 44.1 Å². The molecular formula is C21H24Cl2N6O2. The number of aryl methyl sites for hydroxylation is 2. The lowest BCUT2D eigenvalue weighted by Crippen LogP contribution is -2.34. The van der Waals surface area contributed by atoms with Crippen molar-refractivity contribution >= 4 is 40.8 Å². The van der Waals surface area contributed by atoms with Gasteiger partial charge in [-0.2, -0.15) is 5.10 Å². The molecule has 4 rings (SSSR count). The van der Waals surface area contributed by atoms with E-state index in [-0.39, 0.29) is 42.7 Å². The molecule has 1 aliphatic carbocycles. The van der Waals surface area contributed by atoms with E-state index >= 15 is 0 Å². The number of halogens is 2. The smallest absolute Gasteiger partial charge is 0.256 e. The first-order chi connectivity index (χ1) is 14.8. The summed E-state index contributed by atoms with van der Waals surface area (Å²) in [5.74, 6) is -0.130. The van der Waals surface area contributed by atoms with Crippen LogP contribution in [0.1, 0.15) is 51.6 Å². The van der Waals surface area contributed by atoms with Gasteiger partial charge in [0.2, 0.25) is 5.91 Å². The van der Waals surface area contributed by atoms with Crippen molar-refractivity contribution in [3.8, 4) is 0 Å². The molecule has 0 saturated carbocycles. The number of pyridine rings is 1. The quantitative estimate of drug-likeness (QED) is 0.664. The Bertz CT molecular complexity index is 1080. The van der Waals surface area contributed by atoms with E-state index in [2.05, 4.69) is 15.4 Å². The Balaban J connectivity index is 1.65. The van der Waals surface area contributed by atoms with Gasteiger partial charge < -0.3 is 16.0 Å². The minimum atomic E-state index is -0.303. The van der Waals surface area contributed by atoms with Crippen LogP contribution < -0.4 is 11.1 Å². The van der Waals surface area contributed by atoms with Crippen molar-refractivity contribution in [3.63, 3.8) is 0 Å². The number of amides is 2. The van der Waals surface area contributed by atoms with Gasteiger partial charge in [-0.1, -0.05) is 17.7 Å². The number of nitrogens with one attached hydrogen (secondary N) is 1. The maximum atomic E-state index is 13.4. The highest BCUT2D eigenvalue weighted by molar-refractivity contribution is 6.32. The number of nitrogens with two attached hydrogens (primary N) is 1. The van der Waals surface area contributed by atoms with Gasteiger partial charge in [0, 0.05) is 36.3 Å². The van der Waals surface area contributed by atoms with Gasteiger partial charge in [0.05, 0.1) is 29.4 Å². The van der Waals surface area contributed by atoms with Crippen molar-refractivity contribution in [1.82, 2.24) is 19.7 Å². The number of aromatic nitrogens is 3. The lowest BCUT2D eigenvalue weighted by molar-refractivity contribution is -0.117. The number of carbonyl (C=O) groups excluding carboxylic acids is 2. The second kappa shape index (κ2) is 8.61. The van der Waals surface area contributed by atoms with Crippen molar-refractivity contribution in [1.29, 1.82) is 0 Å². The monoisotopic (exact) mass is 462 g/mol. The Morgan fingerprint density at radius 2 is 2.16 bits per heavy atom. The van der Waals surface area contributed by atoms with Crippen LogP contribution in [0.2, 0.25) is 0 Å². The highest BCUT2D eigenvalue weighted by atomic mass is 35.5. The number of hydrogen-bond donors (Lipinski definition) is 2. The summed E-state index contributed by atoms with van der Waals surface area (Å²) in [6.45, 7) is 2.31. The van der Waals surface area contributed by atoms with Crippen LogP contribution in [0.5, 0.6) is 0 Å². The van der Waals surface area contributed by atoms with Gasteiger partial charge in [-0.15, -0.1) is 11.6 Å². The molecule has 0 spiro atoms. The van der Waals surface area contributed by atoms with E-state index in [1.807, 2.05) is 13.0 Å². The third-order valence-electron chi connectivity index (χ3n) is 5.84. The summed E-state index contributed by atoms with van der Waals surface area (Å²) in [5.41, 5.74) is 9.66. The van der Waals surface area contributed by atoms with Crippen LogP contribution in [0, 0.1) is 6.92 Å². The van der Waals surface area contributed by atoms with Crippen molar-refractivity contribution in [2.75, 3.05) is 11.9 Å². The summed E-state index contributed by atoms with van der Waals surface area (Å²) in [6, 6.07) is 1.69. The number of hydrogen-bond acceptors (Lipinski definition) is 5. The molecule has 0 radical (unpaired) electrons. The van der Waals surface area contributed by atoms with Crippen LogP contribution in [-0.2, 0) is 24.9 Å². The summed E-state index contributed by atoms with van der Waals surface area (Å²) in [4.78, 5) is 32.1. The molecule has 0 bridgehead atoms. The highest BCUT2D eigenvalue weighted by Gasteiger charge is 2.38. The van der Waals surface area contributed by atoms with E-state index in [0.717, 1.165) is 29.7 Å². The van der Waals surface area contributed by atoms with Gasteiger partial charge in [-0.25, -0.2) is 0 Å². The molecule has 2 aromatic rings. The van der Waals surface area contributed by atoms with Crippen LogP contribution in [0.4, 0.5) is 5.82 Å². The average molecular weight is 463 g/mol. The number of rotatable bonds is 5. The zero-order valence-electron chi connectivity index (χ0n) is 17.4. The molecule has 3 N–H and O–H groups in total. The summed E-state index contributed by atoms with van der Waals surface area (Å²) in [6.07, 6.45) is 4.90. The van der Waals surface area contributed by atoms with Gasteiger partial charge in [0.15, 0.2) is 0 Å². The van der Waals surface area contributed by atoms with Gasteiger partial charge >= 0.3 is 0 Å². The van der Waals surface area contributed by atoms with Crippen molar-refractivity contribution in [2.24, 2.45) is 12.8 Å². The highest BCUT2D eigenvalue weighted by Crippen LogP contribution is 2.43. The lowest BCUT2D eigenvalue weighted by Gasteiger charge is -2.27. The van der Waals surface area contributed by atoms with E-state index < -0.39 is 0 Å². The third-order valence-corrected chi connectivity index (χ3v) is 6.58. The van der Waals surface area contributed by atoms with Gasteiger partial charge in [0.25, 0.3) is 5.91 Å². The SMILES string of the molecule is Cc1nc2c(c(C3CCC(Cl)C=C3Cl)c1CN)C(=O)N(CC(=O)Nc1ccnn1C)C2. The molecule has 2 unspecified atom stereocenters. The van der Waals surface area contributed by atoms with Gasteiger partial charge in [-0.05, 0) is 30.9 Å². The molecule has 0 saturated heterocycles. The zero-order valence-corrected chi connectivity index (χ0v) is 18.9. The second-order valence-corrected chi connectivity index (χ2v) is 8.86. The number of alkyl halides is 1. The summed E-state index contributed by atoms with van der Waals surface area (Å²) in [7, 11) is 1.73. The predicted octanol–water partition coefficient (Wildman–Crippen LogP) is 2.78. The number of carbonyl (C=O) groups is 2. The van der Waals surface area contributed by atoms with E-state index in [9.17, 15) is 9.59 Å². The number of fused-ring (bicyclic) bond motifs is 1. The van der Waals surface area contributed by atoms with Gasteiger partial charge in [0.1, 0.15) is 12.4 Å². The van der Waals surface area contributed by atoms with E-state index in [4.69, 9.17) is 28.9 Å². The van der Waals surface area contributed by atoms with E-state index in [1.165, 1.54) is 4.90 Å². The van der Waals surface area contributed by atoms with Crippen molar-refractivity contribution in [3.05, 3.63) is 51.4 Å². The number of allylic oxidation sites excluding steroid dienone is 2. The Labute approximate surface area is 190 Å². The summed E-state index contributed by atoms with van der Waals surface area (Å²) >= 11 is 12.8. The lowest BCUT2D eigenvalue weighted by atomic mass is 9.82. The molecule has 0 aromatic carbocycles. The summed E-state index contributed by atoms with van der Waals surface area (Å²) in [5, 5.41) is 7.29. The fourth-order valence-electron chi connectivity index (χ4n) is 4.33. The third kappa shape index (κ3) is 4.07. The van der Waals surface area contributed by atoms with Crippen LogP contribution >= 0.6 is 23.2 Å². The molecular weight excluding hydrogens is 439 g/mol. The fourth-order valence-corrected chi connectivity index (χ4v) is 5.03. The van der Waals surface area contributed by atoms with Crippen LogP contribution in [-0.4, -0.2) is 43.4 Å².